The van der Waals surface area contributed by atoms with Crippen LogP contribution in [0.15, 0.2) is 24.4 Å². The van der Waals surface area contributed by atoms with Gasteiger partial charge in [0.25, 0.3) is 0 Å². The summed E-state index contributed by atoms with van der Waals surface area (Å²) in [6.45, 7) is 0.872. The molecule has 1 aliphatic rings. The summed E-state index contributed by atoms with van der Waals surface area (Å²) in [4.78, 5) is 26.9. The van der Waals surface area contributed by atoms with Crippen LogP contribution in [0.1, 0.15) is 18.5 Å². The molecule has 1 aliphatic heterocycles. The first-order chi connectivity index (χ1) is 8.25. The summed E-state index contributed by atoms with van der Waals surface area (Å²) in [5.74, 6) is -0.106. The summed E-state index contributed by atoms with van der Waals surface area (Å²) in [5, 5.41) is 5.53. The van der Waals surface area contributed by atoms with Crippen molar-refractivity contribution in [3.8, 4) is 0 Å². The van der Waals surface area contributed by atoms with Crippen molar-refractivity contribution >= 4 is 11.8 Å². The van der Waals surface area contributed by atoms with Crippen LogP contribution in [0.3, 0.4) is 0 Å². The number of hydrogen-bond acceptors (Lipinski definition) is 3. The Balaban J connectivity index is 1.80. The maximum atomic E-state index is 11.8. The Morgan fingerprint density at radius 1 is 1.53 bits per heavy atom. The molecule has 1 aromatic heterocycles. The molecule has 5 heteroatoms. The highest BCUT2D eigenvalue weighted by Gasteiger charge is 2.23. The molecule has 0 aromatic carbocycles. The van der Waals surface area contributed by atoms with E-state index in [9.17, 15) is 9.59 Å². The molecule has 0 aliphatic carbocycles. The second kappa shape index (κ2) is 5.43. The minimum atomic E-state index is -0.114. The number of carbonyl (C=O) groups excluding carboxylic acids is 2. The second-order valence-corrected chi connectivity index (χ2v) is 4.08. The van der Waals surface area contributed by atoms with Crippen molar-refractivity contribution in [1.29, 1.82) is 0 Å². The zero-order chi connectivity index (χ0) is 12.1. The Hall–Kier alpha value is -1.91. The molecule has 2 rings (SSSR count). The number of amides is 2. The van der Waals surface area contributed by atoms with Gasteiger partial charge in [-0.05, 0) is 18.6 Å². The predicted molar refractivity (Wildman–Crippen MR) is 61.8 cm³/mol. The number of carbonyl (C=O) groups is 2. The summed E-state index contributed by atoms with van der Waals surface area (Å²) in [6.07, 6.45) is 2.75. The van der Waals surface area contributed by atoms with Crippen LogP contribution in [0, 0.1) is 5.92 Å². The topological polar surface area (TPSA) is 71.1 Å². The fraction of sp³-hybridized carbons (Fsp3) is 0.417. The van der Waals surface area contributed by atoms with E-state index >= 15 is 0 Å². The van der Waals surface area contributed by atoms with Crippen molar-refractivity contribution in [1.82, 2.24) is 15.6 Å². The Morgan fingerprint density at radius 3 is 3.06 bits per heavy atom. The van der Waals surface area contributed by atoms with Crippen LogP contribution in [-0.2, 0) is 16.1 Å². The second-order valence-electron chi connectivity index (χ2n) is 4.08. The molecule has 1 atom stereocenters. The van der Waals surface area contributed by atoms with E-state index in [0.29, 0.717) is 25.9 Å². The monoisotopic (exact) mass is 233 g/mol. The number of pyridine rings is 1. The van der Waals surface area contributed by atoms with Crippen molar-refractivity contribution in [2.45, 2.75) is 19.4 Å². The Labute approximate surface area is 99.6 Å². The van der Waals surface area contributed by atoms with Gasteiger partial charge in [-0.15, -0.1) is 0 Å². The third kappa shape index (κ3) is 3.27. The van der Waals surface area contributed by atoms with Gasteiger partial charge in [-0.3, -0.25) is 14.6 Å². The molecule has 1 fully saturated rings. The van der Waals surface area contributed by atoms with Gasteiger partial charge in [-0.25, -0.2) is 0 Å². The van der Waals surface area contributed by atoms with Crippen molar-refractivity contribution < 1.29 is 9.59 Å². The lowest BCUT2D eigenvalue weighted by Gasteiger charge is -2.21. The van der Waals surface area contributed by atoms with Crippen LogP contribution >= 0.6 is 0 Å². The SMILES string of the molecule is O=C1CCC(C(=O)NCc2ccccn2)CN1. The van der Waals surface area contributed by atoms with Crippen LogP contribution < -0.4 is 10.6 Å². The molecule has 1 unspecified atom stereocenters. The van der Waals surface area contributed by atoms with Gasteiger partial charge in [0.1, 0.15) is 0 Å². The molecule has 2 N–H and O–H groups in total. The summed E-state index contributed by atoms with van der Waals surface area (Å²) >= 11 is 0. The molecule has 2 amide bonds. The number of hydrogen-bond donors (Lipinski definition) is 2. The van der Waals surface area contributed by atoms with Gasteiger partial charge in [0.15, 0.2) is 0 Å². The van der Waals surface area contributed by atoms with Crippen LogP contribution in [0.25, 0.3) is 0 Å². The highest BCUT2D eigenvalue weighted by atomic mass is 16.2. The first-order valence-electron chi connectivity index (χ1n) is 5.70. The van der Waals surface area contributed by atoms with Crippen LogP contribution in [0.5, 0.6) is 0 Å². The van der Waals surface area contributed by atoms with Gasteiger partial charge in [-0.1, -0.05) is 6.07 Å². The quantitative estimate of drug-likeness (QED) is 0.784. The molecule has 1 aromatic rings. The number of rotatable bonds is 3. The maximum absolute atomic E-state index is 11.8. The van der Waals surface area contributed by atoms with Gasteiger partial charge >= 0.3 is 0 Å². The molecule has 0 saturated carbocycles. The standard InChI is InChI=1S/C12H15N3O2/c16-11-5-4-9(7-14-11)12(17)15-8-10-3-1-2-6-13-10/h1-3,6,9H,4-5,7-8H2,(H,14,16)(H,15,17). The lowest BCUT2D eigenvalue weighted by atomic mass is 9.98. The van der Waals surface area contributed by atoms with Crippen LogP contribution in [0.4, 0.5) is 0 Å². The molecule has 17 heavy (non-hydrogen) atoms. The Kier molecular flexibility index (Phi) is 3.69. The fourth-order valence-corrected chi connectivity index (χ4v) is 1.78. The van der Waals surface area contributed by atoms with Gasteiger partial charge in [0.05, 0.1) is 18.2 Å². The third-order valence-corrected chi connectivity index (χ3v) is 2.81. The maximum Gasteiger partial charge on any atom is 0.225 e. The summed E-state index contributed by atoms with van der Waals surface area (Å²) in [5.41, 5.74) is 0.834. The van der Waals surface area contributed by atoms with E-state index in [1.54, 1.807) is 6.20 Å². The Bertz CT molecular complexity index is 395. The number of aromatic nitrogens is 1. The summed E-state index contributed by atoms with van der Waals surface area (Å²) in [7, 11) is 0. The molecular formula is C12H15N3O2. The normalized spacial score (nSPS) is 19.5. The average Bonchev–Trinajstić information content (AvgIpc) is 2.38. The number of nitrogens with zero attached hydrogens (tertiary/aromatic N) is 1. The van der Waals surface area contributed by atoms with Gasteiger partial charge in [-0.2, -0.15) is 0 Å². The molecule has 1 saturated heterocycles. The number of piperidine rings is 1. The number of nitrogens with one attached hydrogen (secondary N) is 2. The lowest BCUT2D eigenvalue weighted by Crippen LogP contribution is -2.42. The van der Waals surface area contributed by atoms with Crippen molar-refractivity contribution in [3.63, 3.8) is 0 Å². The van der Waals surface area contributed by atoms with Gasteiger partial charge in [0.2, 0.25) is 11.8 Å². The average molecular weight is 233 g/mol. The molecule has 0 bridgehead atoms. The molecular weight excluding hydrogens is 218 g/mol. The van der Waals surface area contributed by atoms with Crippen LogP contribution in [-0.4, -0.2) is 23.3 Å². The van der Waals surface area contributed by atoms with E-state index < -0.39 is 0 Å². The molecule has 5 nitrogen and oxygen atoms in total. The zero-order valence-electron chi connectivity index (χ0n) is 9.48. The first kappa shape index (κ1) is 11.6. The third-order valence-electron chi connectivity index (χ3n) is 2.81. The van der Waals surface area contributed by atoms with E-state index in [1.165, 1.54) is 0 Å². The molecule has 90 valence electrons. The van der Waals surface area contributed by atoms with E-state index in [0.717, 1.165) is 5.69 Å². The van der Waals surface area contributed by atoms with E-state index in [1.807, 2.05) is 18.2 Å². The largest absolute Gasteiger partial charge is 0.355 e. The van der Waals surface area contributed by atoms with E-state index in [2.05, 4.69) is 15.6 Å². The highest BCUT2D eigenvalue weighted by molar-refractivity contribution is 5.83. The zero-order valence-corrected chi connectivity index (χ0v) is 9.48. The van der Waals surface area contributed by atoms with Crippen molar-refractivity contribution in [2.24, 2.45) is 5.92 Å². The van der Waals surface area contributed by atoms with E-state index in [4.69, 9.17) is 0 Å². The smallest absolute Gasteiger partial charge is 0.225 e. The summed E-state index contributed by atoms with van der Waals surface area (Å²) < 4.78 is 0. The summed E-state index contributed by atoms with van der Waals surface area (Å²) in [6, 6.07) is 5.58. The van der Waals surface area contributed by atoms with Gasteiger partial charge < -0.3 is 10.6 Å². The highest BCUT2D eigenvalue weighted by Crippen LogP contribution is 2.10. The molecule has 0 radical (unpaired) electrons. The Morgan fingerprint density at radius 2 is 2.41 bits per heavy atom. The van der Waals surface area contributed by atoms with Gasteiger partial charge in [0, 0.05) is 19.2 Å². The lowest BCUT2D eigenvalue weighted by molar-refractivity contribution is -0.129. The predicted octanol–water partition coefficient (Wildman–Crippen LogP) is 0.224. The molecule has 0 spiro atoms. The minimum absolute atomic E-state index is 0.0179. The van der Waals surface area contributed by atoms with Crippen molar-refractivity contribution in [3.05, 3.63) is 30.1 Å². The fourth-order valence-electron chi connectivity index (χ4n) is 1.78. The molecule has 2 heterocycles. The minimum Gasteiger partial charge on any atom is -0.355 e. The first-order valence-corrected chi connectivity index (χ1v) is 5.70. The van der Waals surface area contributed by atoms with Crippen molar-refractivity contribution in [2.75, 3.05) is 6.54 Å². The van der Waals surface area contributed by atoms with Crippen LogP contribution in [0.2, 0.25) is 0 Å². The van der Waals surface area contributed by atoms with E-state index in [-0.39, 0.29) is 17.7 Å².